The number of hydrogen-bond acceptors (Lipinski definition) is 27. The first-order chi connectivity index (χ1) is 62.5. The van der Waals surface area contributed by atoms with Crippen LogP contribution in [-0.2, 0) is 49.2 Å². The van der Waals surface area contributed by atoms with Gasteiger partial charge in [0, 0.05) is 88.6 Å². The van der Waals surface area contributed by atoms with Gasteiger partial charge in [0.1, 0.15) is 33.9 Å². The van der Waals surface area contributed by atoms with Crippen LogP contribution in [0.1, 0.15) is 140 Å². The SMILES string of the molecule is CC(C)(C)OC(=O)C(C)(C)C.CC(C)(C)OC(=O)Cc1ccc(N)cc1.CC(C)(C)OC(=O)Nc1ccc(-n2c(=O)[nH]c3cc(F)c(F)cc3c2=O)cc1.COC(=O)c1cc(F)c(F)cc1N.COC(=O)c1cc(F)c(F)cc1NC(=O)Nc1ccc(NC(=O)OC(C)(C)C)cc1.COC(=O)c1cc(F)c(F)cc1NC(=O)Oc1ccc([N+](=O)[O-])cc1.O=C(Cl)Oc1ccc([N+](=O)[O-])cc1. The van der Waals surface area contributed by atoms with E-state index in [1.807, 2.05) is 74.4 Å². The molecule has 10 aromatic rings. The zero-order valence-corrected chi connectivity index (χ0v) is 76.2. The molecule has 0 bridgehead atoms. The molecule has 0 aliphatic heterocycles. The van der Waals surface area contributed by atoms with E-state index in [0.717, 1.165) is 61.8 Å². The van der Waals surface area contributed by atoms with E-state index < -0.39 is 143 Å². The van der Waals surface area contributed by atoms with Gasteiger partial charge in [0.05, 0.1) is 87.7 Å². The number of non-ortho nitro benzene ring substituents is 2. The Balaban J connectivity index is 0.000000340. The smallest absolute Gasteiger partial charge is 0.417 e. The van der Waals surface area contributed by atoms with Crippen LogP contribution in [0.15, 0.2) is 179 Å². The number of methoxy groups -OCH3 is 3. The fraction of sp³-hybridized carbons (Fsp3) is 0.267. The number of esters is 5. The van der Waals surface area contributed by atoms with Gasteiger partial charge in [0.15, 0.2) is 46.5 Å². The number of carbonyl (C=O) groups is 10. The molecule has 0 fully saturated rings. The minimum atomic E-state index is -1.30. The fourth-order valence-corrected chi connectivity index (χ4v) is 9.92. The highest BCUT2D eigenvalue weighted by molar-refractivity contribution is 6.61. The normalized spacial score (nSPS) is 10.7. The van der Waals surface area contributed by atoms with Crippen LogP contribution >= 0.6 is 11.6 Å². The van der Waals surface area contributed by atoms with Crippen LogP contribution in [0.5, 0.6) is 11.5 Å². The second-order valence-corrected chi connectivity index (χ2v) is 32.7. The average molecular weight is 1920 g/mol. The Kier molecular flexibility index (Phi) is 40.6. The van der Waals surface area contributed by atoms with E-state index in [1.54, 1.807) is 53.7 Å². The first-order valence-corrected chi connectivity index (χ1v) is 39.4. The van der Waals surface area contributed by atoms with E-state index in [-0.39, 0.29) is 91.6 Å². The zero-order chi connectivity index (χ0) is 102. The topological polar surface area (TPSA) is 507 Å². The van der Waals surface area contributed by atoms with Crippen LogP contribution in [0.3, 0.4) is 0 Å². The summed E-state index contributed by atoms with van der Waals surface area (Å²) in [6.07, 6.45) is -2.12. The maximum absolute atomic E-state index is 13.5. The maximum atomic E-state index is 13.5. The lowest BCUT2D eigenvalue weighted by molar-refractivity contribution is -0.385. The molecular weight excluding hydrogens is 1820 g/mol. The molecule has 0 saturated carbocycles. The number of nitro benzene ring substituents is 2. The van der Waals surface area contributed by atoms with Crippen molar-refractivity contribution in [2.75, 3.05) is 59.4 Å². The number of nitro groups is 2. The van der Waals surface area contributed by atoms with Gasteiger partial charge in [-0.3, -0.25) is 50.6 Å². The lowest BCUT2D eigenvalue weighted by Gasteiger charge is -2.25. The molecule has 0 aliphatic rings. The Morgan fingerprint density at radius 3 is 1.18 bits per heavy atom. The number of carbonyl (C=O) groups excluding carboxylic acids is 10. The number of fused-ring (bicyclic) bond motifs is 1. The van der Waals surface area contributed by atoms with Gasteiger partial charge in [0.25, 0.3) is 16.9 Å². The first-order valence-electron chi connectivity index (χ1n) is 39.0. The zero-order valence-electron chi connectivity index (χ0n) is 75.5. The number of nitrogens with one attached hydrogen (secondary N) is 6. The van der Waals surface area contributed by atoms with Gasteiger partial charge in [-0.25, -0.2) is 82.8 Å². The Hall–Kier alpha value is -16.1. The van der Waals surface area contributed by atoms with Crippen LogP contribution in [0, 0.1) is 72.2 Å². The number of nitrogen functional groups attached to an aromatic ring is 2. The van der Waals surface area contributed by atoms with Crippen LogP contribution in [0.25, 0.3) is 16.6 Å². The molecule has 0 saturated heterocycles. The summed E-state index contributed by atoms with van der Waals surface area (Å²) in [4.78, 5) is 161. The number of nitrogens with zero attached hydrogens (tertiary/aromatic N) is 3. The average Bonchev–Trinajstić information content (AvgIpc) is 0.767. The van der Waals surface area contributed by atoms with E-state index >= 15 is 0 Å². The van der Waals surface area contributed by atoms with Gasteiger partial charge in [-0.15, -0.1) is 0 Å². The quantitative estimate of drug-likeness (QED) is 0.00898. The number of hydrogen-bond donors (Lipinski definition) is 8. The van der Waals surface area contributed by atoms with Gasteiger partial charge in [-0.2, -0.15) is 0 Å². The molecule has 5 amide bonds. The summed E-state index contributed by atoms with van der Waals surface area (Å²) in [5, 5.41) is 32.4. The number of ether oxygens (including phenoxy) is 9. The second-order valence-electron chi connectivity index (χ2n) is 32.4. The molecule has 0 spiro atoms. The molecule has 722 valence electrons. The summed E-state index contributed by atoms with van der Waals surface area (Å²) in [6.45, 7) is 27.1. The number of urea groups is 1. The van der Waals surface area contributed by atoms with Gasteiger partial charge >= 0.3 is 65.3 Å². The molecule has 0 aliphatic carbocycles. The van der Waals surface area contributed by atoms with Crippen molar-refractivity contribution in [3.05, 3.63) is 280 Å². The highest BCUT2D eigenvalue weighted by Gasteiger charge is 2.29. The second kappa shape index (κ2) is 49.3. The third kappa shape index (κ3) is 38.9. The minimum Gasteiger partial charge on any atom is -0.465 e. The van der Waals surface area contributed by atoms with E-state index in [0.29, 0.717) is 53.1 Å². The minimum absolute atomic E-state index is 0.0368. The molecule has 9 aromatic carbocycles. The molecule has 0 atom stereocenters. The number of nitrogens with two attached hydrogens (primary N) is 2. The summed E-state index contributed by atoms with van der Waals surface area (Å²) in [5.41, 5.74) is 6.58. The Morgan fingerprint density at radius 1 is 0.422 bits per heavy atom. The number of halogens is 9. The van der Waals surface area contributed by atoms with Gasteiger partial charge < -0.3 is 69.7 Å². The van der Waals surface area contributed by atoms with Crippen LogP contribution < -0.4 is 58.8 Å². The molecule has 45 heteroatoms. The maximum Gasteiger partial charge on any atom is 0.417 e. The molecule has 135 heavy (non-hydrogen) atoms. The van der Waals surface area contributed by atoms with E-state index in [9.17, 15) is 113 Å². The van der Waals surface area contributed by atoms with Crippen LogP contribution in [-0.4, -0.2) is 123 Å². The predicted octanol–water partition coefficient (Wildman–Crippen LogP) is 19.5. The highest BCUT2D eigenvalue weighted by Crippen LogP contribution is 2.28. The van der Waals surface area contributed by atoms with Crippen molar-refractivity contribution in [2.45, 2.75) is 133 Å². The van der Waals surface area contributed by atoms with Crippen molar-refractivity contribution in [1.82, 2.24) is 9.55 Å². The molecule has 1 aromatic heterocycles. The van der Waals surface area contributed by atoms with Gasteiger partial charge in [0.2, 0.25) is 0 Å². The Morgan fingerprint density at radius 2 is 0.785 bits per heavy atom. The van der Waals surface area contributed by atoms with Crippen LogP contribution in [0.4, 0.5) is 110 Å². The lowest BCUT2D eigenvalue weighted by Crippen LogP contribution is -2.33. The summed E-state index contributed by atoms with van der Waals surface area (Å²) in [5.74, 6) is -12.6. The highest BCUT2D eigenvalue weighted by atomic mass is 35.5. The van der Waals surface area contributed by atoms with E-state index in [1.165, 1.54) is 84.9 Å². The van der Waals surface area contributed by atoms with Crippen molar-refractivity contribution >= 4 is 133 Å². The third-order valence-electron chi connectivity index (χ3n) is 15.7. The number of rotatable bonds is 15. The molecule has 0 unspecified atom stereocenters. The summed E-state index contributed by atoms with van der Waals surface area (Å²) in [6, 6.07) is 33.2. The van der Waals surface area contributed by atoms with E-state index in [2.05, 4.69) is 50.5 Å². The van der Waals surface area contributed by atoms with Crippen molar-refractivity contribution in [3.63, 3.8) is 0 Å². The number of benzene rings is 9. The number of aromatic amines is 1. The van der Waals surface area contributed by atoms with Gasteiger partial charge in [-0.1, -0.05) is 12.1 Å². The molecular formula is C90H94ClF8N11O25. The predicted molar refractivity (Wildman–Crippen MR) is 480 cm³/mol. The van der Waals surface area contributed by atoms with Gasteiger partial charge in [-0.05, 0) is 219 Å². The Labute approximate surface area is 769 Å². The third-order valence-corrected chi connectivity index (χ3v) is 15.8. The number of anilines is 7. The number of H-pyrrole nitrogens is 1. The monoisotopic (exact) mass is 1920 g/mol. The molecule has 10 N–H and O–H groups in total. The van der Waals surface area contributed by atoms with Crippen molar-refractivity contribution in [3.8, 4) is 17.2 Å². The Bertz CT molecular complexity index is 6080. The fourth-order valence-electron chi connectivity index (χ4n) is 9.83. The van der Waals surface area contributed by atoms with Crippen LogP contribution in [0.2, 0.25) is 0 Å². The standard InChI is InChI=1S/C20H21F2N3O5.C19H17F2N3O4.C15H10F2N2O6.C12H17NO2.C9H18O2.C8H7F2NO2.C7H4ClNO4/c1-20(2,3)30-19(28)24-12-7-5-11(6-8-12)23-18(27)25-16-10-15(22)14(21)9-13(16)17(26)29-4;1-19(2,3)28-18(27)22-10-4-6-11(7-5-10)24-16(25)12-8-13(20)14(21)9-15(12)23-17(24)26;1-24-14(20)10-6-11(16)12(17)7-13(10)18-15(21)25-9-4-2-8(3-5-9)19(22)23;1-12(2,3)15-11(14)8-9-4-6-10(13)7-5-9;1-8(2,3)7(10)11-9(4,5)6;1-13-8(12)4-2-5(9)6(10)3-7(4)11;8-7(10)13-6-3-1-5(2-4-6)9(11)12/h5-10H,1-4H3,(H,24,28)(H2,23,25,27);4-9H,1-3H3,(H,22,27)(H,23,26);2-7H,1H3,(H,18,21);4-7H,8,13H2,1-3H3;1-6H3;2-3H,11H2,1H3;1-4H. The number of amides is 5. The van der Waals surface area contributed by atoms with Crippen molar-refractivity contribution in [1.29, 1.82) is 0 Å². The molecule has 1 heterocycles. The van der Waals surface area contributed by atoms with Crippen molar-refractivity contribution < 1.29 is 136 Å². The first kappa shape index (κ1) is 111. The lowest BCUT2D eigenvalue weighted by atomic mass is 9.97. The summed E-state index contributed by atoms with van der Waals surface area (Å²) >= 11 is 4.92. The summed E-state index contributed by atoms with van der Waals surface area (Å²) < 4.78 is 149. The number of aromatic nitrogens is 2. The van der Waals surface area contributed by atoms with E-state index in [4.69, 9.17) is 46.8 Å². The summed E-state index contributed by atoms with van der Waals surface area (Å²) in [7, 11) is 3.23. The molecule has 36 nitrogen and oxygen atoms in total. The molecule has 10 rings (SSSR count). The largest absolute Gasteiger partial charge is 0.465 e. The van der Waals surface area contributed by atoms with Crippen molar-refractivity contribution in [2.24, 2.45) is 5.41 Å². The molecule has 0 radical (unpaired) electrons.